The van der Waals surface area contributed by atoms with E-state index in [4.69, 9.17) is 9.52 Å². The summed E-state index contributed by atoms with van der Waals surface area (Å²) < 4.78 is 6.76. The highest BCUT2D eigenvalue weighted by Gasteiger charge is 2.21. The highest BCUT2D eigenvalue weighted by atomic mass is 32.2. The molecule has 2 aromatic rings. The molecule has 23 heavy (non-hydrogen) atoms. The first-order chi connectivity index (χ1) is 11.0. The van der Waals surface area contributed by atoms with Crippen molar-refractivity contribution in [2.75, 3.05) is 5.75 Å². The van der Waals surface area contributed by atoms with Crippen LogP contribution in [0, 0.1) is 0 Å². The van der Waals surface area contributed by atoms with E-state index in [1.807, 2.05) is 0 Å². The zero-order chi connectivity index (χ0) is 16.8. The number of rotatable bonds is 8. The maximum atomic E-state index is 12.0. The molecule has 0 saturated carbocycles. The first kappa shape index (κ1) is 16.8. The van der Waals surface area contributed by atoms with Crippen LogP contribution in [-0.4, -0.2) is 37.5 Å². The Balaban J connectivity index is 2.15. The standard InChI is InChI=1S/C14H16N4O4S/c1-3-6-18-12(16-17-14(18)23-8-11(19)20)9(2)15-13(21)10-5-4-7-22-10/h3-5,7,9H,1,6,8H2,2H3,(H,15,21)(H,19,20)/t9-/m1/s1. The lowest BCUT2D eigenvalue weighted by Gasteiger charge is -2.14. The first-order valence-electron chi connectivity index (χ1n) is 6.76. The number of hydrogen-bond acceptors (Lipinski definition) is 6. The summed E-state index contributed by atoms with van der Waals surface area (Å²) in [6.07, 6.45) is 3.07. The van der Waals surface area contributed by atoms with Gasteiger partial charge in [0, 0.05) is 6.54 Å². The monoisotopic (exact) mass is 336 g/mol. The molecule has 8 nitrogen and oxygen atoms in total. The molecule has 0 aliphatic carbocycles. The molecule has 0 radical (unpaired) electrons. The molecule has 0 spiro atoms. The van der Waals surface area contributed by atoms with E-state index in [1.165, 1.54) is 6.26 Å². The topological polar surface area (TPSA) is 110 Å². The maximum Gasteiger partial charge on any atom is 0.313 e. The van der Waals surface area contributed by atoms with Crippen LogP contribution in [0.25, 0.3) is 0 Å². The molecule has 0 unspecified atom stereocenters. The summed E-state index contributed by atoms with van der Waals surface area (Å²) in [7, 11) is 0. The van der Waals surface area contributed by atoms with Crippen LogP contribution in [0.4, 0.5) is 0 Å². The molecule has 0 aliphatic rings. The van der Waals surface area contributed by atoms with Gasteiger partial charge in [0.25, 0.3) is 5.91 Å². The number of hydrogen-bond donors (Lipinski definition) is 2. The molecule has 2 rings (SSSR count). The molecule has 9 heteroatoms. The van der Waals surface area contributed by atoms with E-state index in [0.717, 1.165) is 11.8 Å². The van der Waals surface area contributed by atoms with Crippen molar-refractivity contribution in [3.63, 3.8) is 0 Å². The fourth-order valence-electron chi connectivity index (χ4n) is 1.89. The maximum absolute atomic E-state index is 12.0. The van der Waals surface area contributed by atoms with Crippen LogP contribution in [0.3, 0.4) is 0 Å². The average molecular weight is 336 g/mol. The minimum absolute atomic E-state index is 0.123. The molecular formula is C14H16N4O4S. The predicted octanol–water partition coefficient (Wildman–Crippen LogP) is 1.72. The van der Waals surface area contributed by atoms with Crippen LogP contribution in [0.2, 0.25) is 0 Å². The molecule has 2 heterocycles. The van der Waals surface area contributed by atoms with Gasteiger partial charge in [-0.3, -0.25) is 9.59 Å². The van der Waals surface area contributed by atoms with E-state index >= 15 is 0 Å². The summed E-state index contributed by atoms with van der Waals surface area (Å²) in [5.41, 5.74) is 0. The molecule has 0 bridgehead atoms. The second-order valence-corrected chi connectivity index (χ2v) is 5.54. The fourth-order valence-corrected chi connectivity index (χ4v) is 2.57. The normalized spacial score (nSPS) is 11.9. The Morgan fingerprint density at radius 3 is 2.96 bits per heavy atom. The third-order valence-electron chi connectivity index (χ3n) is 2.86. The van der Waals surface area contributed by atoms with E-state index in [2.05, 4.69) is 22.1 Å². The Kier molecular flexibility index (Phi) is 5.58. The van der Waals surface area contributed by atoms with Gasteiger partial charge in [-0.05, 0) is 19.1 Å². The van der Waals surface area contributed by atoms with Crippen LogP contribution in [0.1, 0.15) is 29.3 Å². The van der Waals surface area contributed by atoms with Gasteiger partial charge in [-0.15, -0.1) is 16.8 Å². The second kappa shape index (κ2) is 7.63. The Labute approximate surface area is 136 Å². The van der Waals surface area contributed by atoms with Crippen molar-refractivity contribution in [3.05, 3.63) is 42.6 Å². The predicted molar refractivity (Wildman–Crippen MR) is 83.2 cm³/mol. The van der Waals surface area contributed by atoms with Crippen molar-refractivity contribution in [1.82, 2.24) is 20.1 Å². The number of carboxylic acid groups (broad SMARTS) is 1. The number of nitrogens with one attached hydrogen (secondary N) is 1. The number of furan rings is 1. The average Bonchev–Trinajstić information content (AvgIpc) is 3.15. The largest absolute Gasteiger partial charge is 0.481 e. The Morgan fingerprint density at radius 1 is 1.57 bits per heavy atom. The Bertz CT molecular complexity index is 696. The molecule has 0 fully saturated rings. The number of carbonyl (C=O) groups is 2. The van der Waals surface area contributed by atoms with Gasteiger partial charge < -0.3 is 19.4 Å². The number of allylic oxidation sites excluding steroid dienone is 1. The quantitative estimate of drug-likeness (QED) is 0.558. The molecular weight excluding hydrogens is 320 g/mol. The molecule has 2 aromatic heterocycles. The minimum atomic E-state index is -0.941. The third kappa shape index (κ3) is 4.22. The Hall–Kier alpha value is -2.55. The lowest BCUT2D eigenvalue weighted by atomic mass is 10.3. The van der Waals surface area contributed by atoms with Crippen LogP contribution in [0.5, 0.6) is 0 Å². The third-order valence-corrected chi connectivity index (χ3v) is 3.81. The summed E-state index contributed by atoms with van der Waals surface area (Å²) in [5.74, 6) is -0.716. The van der Waals surface area contributed by atoms with Gasteiger partial charge in [-0.2, -0.15) is 0 Å². The van der Waals surface area contributed by atoms with Crippen molar-refractivity contribution in [3.8, 4) is 0 Å². The second-order valence-electron chi connectivity index (χ2n) is 4.59. The van der Waals surface area contributed by atoms with E-state index < -0.39 is 12.0 Å². The number of thioether (sulfide) groups is 1. The van der Waals surface area contributed by atoms with E-state index in [-0.39, 0.29) is 17.4 Å². The van der Waals surface area contributed by atoms with Crippen molar-refractivity contribution >= 4 is 23.6 Å². The fraction of sp³-hybridized carbons (Fsp3) is 0.286. The number of carboxylic acids is 1. The van der Waals surface area contributed by atoms with Gasteiger partial charge in [0.2, 0.25) is 0 Å². The number of aromatic nitrogens is 3. The van der Waals surface area contributed by atoms with E-state index in [9.17, 15) is 9.59 Å². The van der Waals surface area contributed by atoms with E-state index in [1.54, 1.807) is 29.7 Å². The molecule has 1 atom stereocenters. The zero-order valence-corrected chi connectivity index (χ0v) is 13.2. The van der Waals surface area contributed by atoms with Crippen LogP contribution in [0.15, 0.2) is 40.6 Å². The molecule has 0 saturated heterocycles. The lowest BCUT2D eigenvalue weighted by Crippen LogP contribution is -2.28. The number of aliphatic carboxylic acids is 1. The van der Waals surface area contributed by atoms with Gasteiger partial charge in [0.15, 0.2) is 16.7 Å². The SMILES string of the molecule is C=CCn1c(SCC(=O)O)nnc1[C@@H](C)NC(=O)c1ccco1. The van der Waals surface area contributed by atoms with Crippen LogP contribution >= 0.6 is 11.8 Å². The van der Waals surface area contributed by atoms with E-state index in [0.29, 0.717) is 17.5 Å². The smallest absolute Gasteiger partial charge is 0.313 e. The van der Waals surface area contributed by atoms with Gasteiger partial charge in [0.1, 0.15) is 0 Å². The zero-order valence-electron chi connectivity index (χ0n) is 12.4. The Morgan fingerprint density at radius 2 is 2.35 bits per heavy atom. The van der Waals surface area contributed by atoms with Crippen LogP contribution in [-0.2, 0) is 11.3 Å². The highest BCUT2D eigenvalue weighted by molar-refractivity contribution is 7.99. The molecule has 0 aromatic carbocycles. The summed E-state index contributed by atoms with van der Waals surface area (Å²) >= 11 is 1.06. The molecule has 1 amide bonds. The van der Waals surface area contributed by atoms with Gasteiger partial charge in [-0.25, -0.2) is 0 Å². The highest BCUT2D eigenvalue weighted by Crippen LogP contribution is 2.21. The van der Waals surface area contributed by atoms with Gasteiger partial charge in [-0.1, -0.05) is 17.8 Å². The number of carbonyl (C=O) groups excluding carboxylic acids is 1. The summed E-state index contributed by atoms with van der Waals surface area (Å²) in [6, 6.07) is 2.75. The first-order valence-corrected chi connectivity index (χ1v) is 7.74. The summed E-state index contributed by atoms with van der Waals surface area (Å²) in [5, 5.41) is 20.0. The molecule has 0 aliphatic heterocycles. The molecule has 2 N–H and O–H groups in total. The number of amides is 1. The lowest BCUT2D eigenvalue weighted by molar-refractivity contribution is -0.133. The minimum Gasteiger partial charge on any atom is -0.481 e. The van der Waals surface area contributed by atoms with Crippen molar-refractivity contribution in [2.45, 2.75) is 24.7 Å². The van der Waals surface area contributed by atoms with Crippen molar-refractivity contribution in [2.24, 2.45) is 0 Å². The molecule has 122 valence electrons. The van der Waals surface area contributed by atoms with Gasteiger partial charge >= 0.3 is 5.97 Å². The number of nitrogens with zero attached hydrogens (tertiary/aromatic N) is 3. The van der Waals surface area contributed by atoms with Crippen molar-refractivity contribution < 1.29 is 19.1 Å². The van der Waals surface area contributed by atoms with Gasteiger partial charge in [0.05, 0.1) is 18.1 Å². The summed E-state index contributed by atoms with van der Waals surface area (Å²) in [6.45, 7) is 5.84. The van der Waals surface area contributed by atoms with Crippen LogP contribution < -0.4 is 5.32 Å². The van der Waals surface area contributed by atoms with Crippen molar-refractivity contribution in [1.29, 1.82) is 0 Å². The summed E-state index contributed by atoms with van der Waals surface area (Å²) in [4.78, 5) is 22.7.